The summed E-state index contributed by atoms with van der Waals surface area (Å²) in [7, 11) is 0. The first-order valence-electron chi connectivity index (χ1n) is 6.90. The minimum atomic E-state index is -0.264. The van der Waals surface area contributed by atoms with Crippen LogP contribution >= 0.6 is 0 Å². The predicted octanol–water partition coefficient (Wildman–Crippen LogP) is 2.18. The Hall–Kier alpha value is -2.21. The van der Waals surface area contributed by atoms with E-state index in [1.54, 1.807) is 24.7 Å². The van der Waals surface area contributed by atoms with E-state index in [0.29, 0.717) is 13.2 Å². The van der Waals surface area contributed by atoms with E-state index in [1.807, 2.05) is 10.8 Å². The monoisotopic (exact) mass is 290 g/mol. The molecule has 0 radical (unpaired) electrons. The molecular weight excluding hydrogens is 271 g/mol. The van der Waals surface area contributed by atoms with Crippen LogP contribution in [0.2, 0.25) is 0 Å². The zero-order valence-electron chi connectivity index (χ0n) is 11.8. The predicted molar refractivity (Wildman–Crippen MR) is 79.4 cm³/mol. The summed E-state index contributed by atoms with van der Waals surface area (Å²) in [6, 6.07) is 6.25. The molecule has 0 saturated heterocycles. The standard InChI is InChI=1S/C15H19FN4O/c16-14-5-3-13(4-6-14)15(19-21-11-7-17)2-1-9-20-10-8-18-12-20/h3-6,8,10,12H,1-2,7,9,11,17H2/b19-15+. The molecule has 0 aliphatic carbocycles. The molecule has 1 aromatic carbocycles. The third kappa shape index (κ3) is 5.00. The lowest BCUT2D eigenvalue weighted by Gasteiger charge is -2.07. The zero-order valence-corrected chi connectivity index (χ0v) is 11.8. The molecule has 112 valence electrons. The van der Waals surface area contributed by atoms with Crippen LogP contribution in [0.25, 0.3) is 0 Å². The Morgan fingerprint density at radius 1 is 1.33 bits per heavy atom. The molecule has 0 aliphatic heterocycles. The number of aromatic nitrogens is 2. The Balaban J connectivity index is 1.98. The Bertz CT molecular complexity index is 552. The summed E-state index contributed by atoms with van der Waals surface area (Å²) >= 11 is 0. The second-order valence-electron chi connectivity index (χ2n) is 4.57. The second-order valence-corrected chi connectivity index (χ2v) is 4.57. The maximum absolute atomic E-state index is 13.0. The summed E-state index contributed by atoms with van der Waals surface area (Å²) in [5.41, 5.74) is 7.04. The van der Waals surface area contributed by atoms with Gasteiger partial charge >= 0.3 is 0 Å². The van der Waals surface area contributed by atoms with Crippen LogP contribution in [0.15, 0.2) is 48.1 Å². The van der Waals surface area contributed by atoms with Crippen molar-refractivity contribution in [2.45, 2.75) is 19.4 Å². The van der Waals surface area contributed by atoms with Crippen LogP contribution in [-0.4, -0.2) is 28.4 Å². The number of nitrogens with two attached hydrogens (primary N) is 1. The van der Waals surface area contributed by atoms with Gasteiger partial charge in [0, 0.05) is 25.5 Å². The van der Waals surface area contributed by atoms with E-state index in [2.05, 4.69) is 10.1 Å². The molecular formula is C15H19FN4O. The summed E-state index contributed by atoms with van der Waals surface area (Å²) in [4.78, 5) is 9.17. The Labute approximate surface area is 123 Å². The van der Waals surface area contributed by atoms with Gasteiger partial charge in [0.1, 0.15) is 12.4 Å². The quantitative estimate of drug-likeness (QED) is 0.460. The minimum Gasteiger partial charge on any atom is -0.394 e. The van der Waals surface area contributed by atoms with Crippen LogP contribution in [0.1, 0.15) is 18.4 Å². The fourth-order valence-electron chi connectivity index (χ4n) is 1.91. The molecule has 21 heavy (non-hydrogen) atoms. The molecule has 0 unspecified atom stereocenters. The van der Waals surface area contributed by atoms with E-state index in [-0.39, 0.29) is 5.82 Å². The van der Waals surface area contributed by atoms with Gasteiger partial charge < -0.3 is 15.1 Å². The summed E-state index contributed by atoms with van der Waals surface area (Å²) < 4.78 is 15.0. The zero-order chi connectivity index (χ0) is 14.9. The van der Waals surface area contributed by atoms with Gasteiger partial charge in [0.2, 0.25) is 0 Å². The van der Waals surface area contributed by atoms with Gasteiger partial charge in [0.25, 0.3) is 0 Å². The molecule has 1 aromatic heterocycles. The van der Waals surface area contributed by atoms with Crippen molar-refractivity contribution in [3.05, 3.63) is 54.4 Å². The van der Waals surface area contributed by atoms with E-state index >= 15 is 0 Å². The Morgan fingerprint density at radius 3 is 2.81 bits per heavy atom. The van der Waals surface area contributed by atoms with Gasteiger partial charge in [-0.2, -0.15) is 0 Å². The normalized spacial score (nSPS) is 11.6. The van der Waals surface area contributed by atoms with Gasteiger partial charge in [-0.15, -0.1) is 0 Å². The first-order valence-corrected chi connectivity index (χ1v) is 6.90. The molecule has 6 heteroatoms. The molecule has 0 aliphatic rings. The SMILES string of the molecule is NCCO/N=C(\CCCn1ccnc1)c1ccc(F)cc1. The van der Waals surface area contributed by atoms with E-state index < -0.39 is 0 Å². The largest absolute Gasteiger partial charge is 0.394 e. The highest BCUT2D eigenvalue weighted by Gasteiger charge is 2.05. The van der Waals surface area contributed by atoms with Crippen LogP contribution in [0, 0.1) is 5.82 Å². The third-order valence-corrected chi connectivity index (χ3v) is 2.95. The van der Waals surface area contributed by atoms with Crippen molar-refractivity contribution in [1.29, 1.82) is 0 Å². The maximum Gasteiger partial charge on any atom is 0.129 e. The van der Waals surface area contributed by atoms with Crippen molar-refractivity contribution in [3.8, 4) is 0 Å². The number of imidazole rings is 1. The molecule has 0 atom stereocenters. The van der Waals surface area contributed by atoms with Crippen LogP contribution in [-0.2, 0) is 11.4 Å². The molecule has 0 bridgehead atoms. The highest BCUT2D eigenvalue weighted by atomic mass is 19.1. The summed E-state index contributed by atoms with van der Waals surface area (Å²) in [5.74, 6) is -0.264. The van der Waals surface area contributed by atoms with Gasteiger partial charge in [-0.1, -0.05) is 17.3 Å². The van der Waals surface area contributed by atoms with Gasteiger partial charge in [-0.25, -0.2) is 9.37 Å². The van der Waals surface area contributed by atoms with Gasteiger partial charge in [-0.05, 0) is 30.5 Å². The average molecular weight is 290 g/mol. The topological polar surface area (TPSA) is 65.4 Å². The van der Waals surface area contributed by atoms with Crippen molar-refractivity contribution < 1.29 is 9.23 Å². The maximum atomic E-state index is 13.0. The molecule has 5 nitrogen and oxygen atoms in total. The highest BCUT2D eigenvalue weighted by molar-refractivity contribution is 6.00. The lowest BCUT2D eigenvalue weighted by atomic mass is 10.1. The Kier molecular flexibility index (Phi) is 5.90. The molecule has 2 N–H and O–H groups in total. The lowest BCUT2D eigenvalue weighted by molar-refractivity contribution is 0.151. The van der Waals surface area contributed by atoms with Crippen LogP contribution in [0.4, 0.5) is 4.39 Å². The van der Waals surface area contributed by atoms with Crippen LogP contribution < -0.4 is 5.73 Å². The van der Waals surface area contributed by atoms with Crippen LogP contribution in [0.5, 0.6) is 0 Å². The average Bonchev–Trinajstić information content (AvgIpc) is 3.00. The Morgan fingerprint density at radius 2 is 2.14 bits per heavy atom. The number of benzene rings is 1. The smallest absolute Gasteiger partial charge is 0.129 e. The van der Waals surface area contributed by atoms with Crippen molar-refractivity contribution in [1.82, 2.24) is 9.55 Å². The van der Waals surface area contributed by atoms with E-state index in [0.717, 1.165) is 30.7 Å². The van der Waals surface area contributed by atoms with E-state index in [4.69, 9.17) is 10.6 Å². The van der Waals surface area contributed by atoms with Gasteiger partial charge in [0.15, 0.2) is 0 Å². The summed E-state index contributed by atoms with van der Waals surface area (Å²) in [6.45, 7) is 1.62. The first kappa shape index (κ1) is 15.2. The molecule has 0 amide bonds. The number of aryl methyl sites for hydroxylation is 1. The molecule has 0 saturated carbocycles. The van der Waals surface area contributed by atoms with Crippen molar-refractivity contribution >= 4 is 5.71 Å². The summed E-state index contributed by atoms with van der Waals surface area (Å²) in [5, 5.41) is 4.12. The number of hydrogen-bond donors (Lipinski definition) is 1. The van der Waals surface area contributed by atoms with Gasteiger partial charge in [-0.3, -0.25) is 0 Å². The molecule has 2 aromatic rings. The number of halogens is 1. The fourth-order valence-corrected chi connectivity index (χ4v) is 1.91. The summed E-state index contributed by atoms with van der Waals surface area (Å²) in [6.07, 6.45) is 7.06. The van der Waals surface area contributed by atoms with Crippen molar-refractivity contribution in [2.24, 2.45) is 10.9 Å². The molecule has 0 spiro atoms. The molecule has 2 rings (SSSR count). The van der Waals surface area contributed by atoms with E-state index in [1.165, 1.54) is 12.1 Å². The van der Waals surface area contributed by atoms with E-state index in [9.17, 15) is 4.39 Å². The van der Waals surface area contributed by atoms with Gasteiger partial charge in [0.05, 0.1) is 12.0 Å². The second kappa shape index (κ2) is 8.16. The molecule has 0 fully saturated rings. The van der Waals surface area contributed by atoms with Crippen molar-refractivity contribution in [2.75, 3.05) is 13.2 Å². The minimum absolute atomic E-state index is 0.264. The number of hydrogen-bond acceptors (Lipinski definition) is 4. The third-order valence-electron chi connectivity index (χ3n) is 2.95. The number of oxime groups is 1. The number of nitrogens with zero attached hydrogens (tertiary/aromatic N) is 3. The fraction of sp³-hybridized carbons (Fsp3) is 0.333. The van der Waals surface area contributed by atoms with Crippen molar-refractivity contribution in [3.63, 3.8) is 0 Å². The number of rotatable bonds is 8. The lowest BCUT2D eigenvalue weighted by Crippen LogP contribution is -2.09. The van der Waals surface area contributed by atoms with Crippen LogP contribution in [0.3, 0.4) is 0 Å². The highest BCUT2D eigenvalue weighted by Crippen LogP contribution is 2.10. The first-order chi connectivity index (χ1) is 10.3. The molecule has 1 heterocycles.